The van der Waals surface area contributed by atoms with Gasteiger partial charge in [-0.15, -0.1) is 15.3 Å². The number of aromatic nitrogens is 4. The van der Waals surface area contributed by atoms with Crippen molar-refractivity contribution in [3.05, 3.63) is 77.1 Å². The van der Waals surface area contributed by atoms with E-state index in [1.807, 2.05) is 18.2 Å². The molecule has 7 nitrogen and oxygen atoms in total. The van der Waals surface area contributed by atoms with Crippen molar-refractivity contribution in [3.63, 3.8) is 0 Å². The minimum absolute atomic E-state index is 0.203. The number of nitrogens with zero attached hydrogens (tertiary/aromatic N) is 4. The summed E-state index contributed by atoms with van der Waals surface area (Å²) in [4.78, 5) is 12.0. The number of ether oxygens (including phenoxy) is 1. The molecule has 2 aromatic heterocycles. The highest BCUT2D eigenvalue weighted by Crippen LogP contribution is 2.26. The Morgan fingerprint density at radius 2 is 1.86 bits per heavy atom. The van der Waals surface area contributed by atoms with Gasteiger partial charge >= 0.3 is 0 Å². The Bertz CT molecular complexity index is 1160. The molecule has 0 saturated heterocycles. The van der Waals surface area contributed by atoms with Crippen molar-refractivity contribution in [3.8, 4) is 17.3 Å². The number of hydrogen-bond donors (Lipinski definition) is 1. The van der Waals surface area contributed by atoms with Gasteiger partial charge in [-0.05, 0) is 42.5 Å². The first-order valence-corrected chi connectivity index (χ1v) is 9.13. The van der Waals surface area contributed by atoms with Crippen LogP contribution in [0.15, 0.2) is 60.7 Å². The number of carbonyl (C=O) groups excluding carboxylic acids is 1. The van der Waals surface area contributed by atoms with Crippen molar-refractivity contribution in [1.82, 2.24) is 25.1 Å². The van der Waals surface area contributed by atoms with Gasteiger partial charge in [0, 0.05) is 17.2 Å². The number of halogens is 2. The van der Waals surface area contributed by atoms with E-state index < -0.39 is 5.82 Å². The predicted octanol–water partition coefficient (Wildman–Crippen LogP) is 3.39. The average Bonchev–Trinajstić information content (AvgIpc) is 3.15. The van der Waals surface area contributed by atoms with Gasteiger partial charge in [-0.1, -0.05) is 23.7 Å². The molecule has 0 fully saturated rings. The first-order valence-electron chi connectivity index (χ1n) is 8.76. The minimum Gasteiger partial charge on any atom is -0.475 e. The lowest BCUT2D eigenvalue weighted by molar-refractivity contribution is 0.0946. The van der Waals surface area contributed by atoms with E-state index in [1.165, 1.54) is 24.3 Å². The van der Waals surface area contributed by atoms with Gasteiger partial charge in [0.25, 0.3) is 5.91 Å². The van der Waals surface area contributed by atoms with Crippen LogP contribution in [0.5, 0.6) is 5.88 Å². The van der Waals surface area contributed by atoms with Crippen LogP contribution in [-0.2, 0) is 0 Å². The summed E-state index contributed by atoms with van der Waals surface area (Å²) in [6.45, 7) is 0.463. The van der Waals surface area contributed by atoms with Crippen molar-refractivity contribution in [2.45, 2.75) is 0 Å². The molecule has 0 spiro atoms. The number of carbonyl (C=O) groups is 1. The molecular formula is C20H15ClFN5O2. The first kappa shape index (κ1) is 18.8. The van der Waals surface area contributed by atoms with Crippen LogP contribution in [0.4, 0.5) is 4.39 Å². The molecule has 0 bridgehead atoms. The van der Waals surface area contributed by atoms with E-state index in [2.05, 4.69) is 20.6 Å². The van der Waals surface area contributed by atoms with Crippen molar-refractivity contribution in [2.24, 2.45) is 0 Å². The number of hydrogen-bond acceptors (Lipinski definition) is 5. The normalized spacial score (nSPS) is 10.8. The second-order valence-corrected chi connectivity index (χ2v) is 6.46. The van der Waals surface area contributed by atoms with E-state index in [0.29, 0.717) is 33.5 Å². The number of fused-ring (bicyclic) bond motifs is 1. The Kier molecular flexibility index (Phi) is 5.35. The molecule has 0 atom stereocenters. The fraction of sp³-hybridized carbons (Fsp3) is 0.100. The molecule has 2 heterocycles. The largest absolute Gasteiger partial charge is 0.475 e. The van der Waals surface area contributed by atoms with Gasteiger partial charge in [0.15, 0.2) is 11.5 Å². The number of nitrogens with one attached hydrogen (secondary N) is 1. The van der Waals surface area contributed by atoms with Crippen molar-refractivity contribution < 1.29 is 13.9 Å². The molecule has 4 rings (SSSR count). The molecule has 29 heavy (non-hydrogen) atoms. The molecule has 1 amide bonds. The van der Waals surface area contributed by atoms with E-state index in [4.69, 9.17) is 16.3 Å². The lowest BCUT2D eigenvalue weighted by Gasteiger charge is -2.08. The Labute approximate surface area is 170 Å². The summed E-state index contributed by atoms with van der Waals surface area (Å²) in [5.41, 5.74) is 1.63. The highest BCUT2D eigenvalue weighted by Gasteiger charge is 2.13. The minimum atomic E-state index is -0.392. The molecule has 4 aromatic rings. The van der Waals surface area contributed by atoms with Crippen LogP contribution in [0, 0.1) is 5.82 Å². The molecular weight excluding hydrogens is 397 g/mol. The predicted molar refractivity (Wildman–Crippen MR) is 105 cm³/mol. The molecule has 146 valence electrons. The number of benzene rings is 2. The van der Waals surface area contributed by atoms with Gasteiger partial charge in [-0.3, -0.25) is 4.79 Å². The van der Waals surface area contributed by atoms with Gasteiger partial charge in [0.05, 0.1) is 11.6 Å². The van der Waals surface area contributed by atoms with E-state index in [9.17, 15) is 9.18 Å². The summed E-state index contributed by atoms with van der Waals surface area (Å²) in [7, 11) is 0. The maximum atomic E-state index is 12.9. The molecule has 0 aliphatic heterocycles. The zero-order chi connectivity index (χ0) is 20.2. The summed E-state index contributed by atoms with van der Waals surface area (Å²) in [5, 5.41) is 15.9. The summed E-state index contributed by atoms with van der Waals surface area (Å²) in [5.74, 6) is 0.149. The number of amides is 1. The fourth-order valence-electron chi connectivity index (χ4n) is 2.68. The van der Waals surface area contributed by atoms with Gasteiger partial charge in [-0.2, -0.15) is 4.52 Å². The lowest BCUT2D eigenvalue weighted by atomic mass is 10.2. The smallest absolute Gasteiger partial charge is 0.251 e. The zero-order valence-electron chi connectivity index (χ0n) is 15.0. The van der Waals surface area contributed by atoms with E-state index in [-0.39, 0.29) is 19.1 Å². The molecule has 0 aliphatic carbocycles. The molecule has 0 unspecified atom stereocenters. The van der Waals surface area contributed by atoms with Crippen LogP contribution < -0.4 is 10.1 Å². The molecule has 2 aromatic carbocycles. The maximum Gasteiger partial charge on any atom is 0.251 e. The highest BCUT2D eigenvalue weighted by atomic mass is 35.5. The Morgan fingerprint density at radius 3 is 2.66 bits per heavy atom. The Hall–Kier alpha value is -3.52. The van der Waals surface area contributed by atoms with Crippen molar-refractivity contribution in [1.29, 1.82) is 0 Å². The summed E-state index contributed by atoms with van der Waals surface area (Å²) in [6, 6.07) is 16.0. The van der Waals surface area contributed by atoms with Crippen LogP contribution in [0.1, 0.15) is 10.4 Å². The fourth-order valence-corrected chi connectivity index (χ4v) is 2.90. The second kappa shape index (κ2) is 8.24. The van der Waals surface area contributed by atoms with E-state index in [1.54, 1.807) is 22.7 Å². The topological polar surface area (TPSA) is 81.4 Å². The Balaban J connectivity index is 1.41. The molecule has 0 aliphatic rings. The SMILES string of the molecule is O=C(NCCOc1ccc2nnc(-c3ccccc3Cl)n2n1)c1ccc(F)cc1. The lowest BCUT2D eigenvalue weighted by Crippen LogP contribution is -2.28. The maximum absolute atomic E-state index is 12.9. The number of rotatable bonds is 6. The van der Waals surface area contributed by atoms with Gasteiger partial charge in [-0.25, -0.2) is 4.39 Å². The van der Waals surface area contributed by atoms with Gasteiger partial charge < -0.3 is 10.1 Å². The monoisotopic (exact) mass is 411 g/mol. The third-order valence-electron chi connectivity index (χ3n) is 4.10. The van der Waals surface area contributed by atoms with Gasteiger partial charge in [0.1, 0.15) is 12.4 Å². The highest BCUT2D eigenvalue weighted by molar-refractivity contribution is 6.33. The van der Waals surface area contributed by atoms with E-state index >= 15 is 0 Å². The van der Waals surface area contributed by atoms with Gasteiger partial charge in [0.2, 0.25) is 5.88 Å². The zero-order valence-corrected chi connectivity index (χ0v) is 15.8. The third-order valence-corrected chi connectivity index (χ3v) is 4.43. The first-order chi connectivity index (χ1) is 14.1. The van der Waals surface area contributed by atoms with Crippen LogP contribution in [-0.4, -0.2) is 38.9 Å². The molecule has 0 radical (unpaired) electrons. The van der Waals surface area contributed by atoms with Crippen molar-refractivity contribution >= 4 is 23.2 Å². The van der Waals surface area contributed by atoms with Crippen LogP contribution in [0.2, 0.25) is 5.02 Å². The van der Waals surface area contributed by atoms with Crippen molar-refractivity contribution in [2.75, 3.05) is 13.2 Å². The quantitative estimate of drug-likeness (QED) is 0.492. The summed E-state index contributed by atoms with van der Waals surface area (Å²) < 4.78 is 20.1. The van der Waals surface area contributed by atoms with Crippen LogP contribution in [0.3, 0.4) is 0 Å². The molecule has 0 saturated carbocycles. The Morgan fingerprint density at radius 1 is 1.07 bits per heavy atom. The summed E-state index contributed by atoms with van der Waals surface area (Å²) >= 11 is 6.25. The van der Waals surface area contributed by atoms with Crippen LogP contribution in [0.25, 0.3) is 17.0 Å². The van der Waals surface area contributed by atoms with Crippen LogP contribution >= 0.6 is 11.6 Å². The third kappa shape index (κ3) is 4.17. The summed E-state index contributed by atoms with van der Waals surface area (Å²) in [6.07, 6.45) is 0. The average molecular weight is 412 g/mol. The molecule has 9 heteroatoms. The van der Waals surface area contributed by atoms with E-state index in [0.717, 1.165) is 0 Å². The second-order valence-electron chi connectivity index (χ2n) is 6.06. The molecule has 1 N–H and O–H groups in total. The standard InChI is InChI=1S/C20H15ClFN5O2/c21-16-4-2-1-3-15(16)19-25-24-17-9-10-18(26-27(17)19)29-12-11-23-20(28)13-5-7-14(22)8-6-13/h1-10H,11-12H2,(H,23,28).